The molecule has 0 spiro atoms. The molecule has 1 amide bonds. The van der Waals surface area contributed by atoms with Crippen LogP contribution in [0.15, 0.2) is 82.5 Å². The van der Waals surface area contributed by atoms with E-state index in [0.717, 1.165) is 41.0 Å². The summed E-state index contributed by atoms with van der Waals surface area (Å²) < 4.78 is 11.3. The Labute approximate surface area is 234 Å². The van der Waals surface area contributed by atoms with Crippen molar-refractivity contribution in [1.82, 2.24) is 4.90 Å². The SMILES string of the molecule is CCN(CC)c1ccc(C2C(C(=O)c3cc4cccc(OC)c4o3)=C(O)C(=O)N2Cc2cc(C)ccc2C)cc1. The lowest BCUT2D eigenvalue weighted by molar-refractivity contribution is -0.130. The molecule has 40 heavy (non-hydrogen) atoms. The Balaban J connectivity index is 1.61. The molecule has 206 valence electrons. The predicted octanol–water partition coefficient (Wildman–Crippen LogP) is 6.68. The van der Waals surface area contributed by atoms with Gasteiger partial charge in [-0.15, -0.1) is 0 Å². The average Bonchev–Trinajstić information content (AvgIpc) is 3.51. The van der Waals surface area contributed by atoms with E-state index in [-0.39, 0.29) is 17.9 Å². The molecule has 1 aliphatic rings. The Hall–Kier alpha value is -4.52. The largest absolute Gasteiger partial charge is 0.503 e. The van der Waals surface area contributed by atoms with Crippen molar-refractivity contribution in [2.45, 2.75) is 40.3 Å². The molecule has 0 radical (unpaired) electrons. The van der Waals surface area contributed by atoms with Gasteiger partial charge in [-0.2, -0.15) is 0 Å². The number of methoxy groups -OCH3 is 1. The van der Waals surface area contributed by atoms with Crippen LogP contribution in [0.25, 0.3) is 11.0 Å². The number of anilines is 1. The molecule has 1 unspecified atom stereocenters. The lowest BCUT2D eigenvalue weighted by Gasteiger charge is -2.28. The summed E-state index contributed by atoms with van der Waals surface area (Å²) in [4.78, 5) is 31.4. The van der Waals surface area contributed by atoms with Crippen LogP contribution in [-0.4, -0.2) is 41.9 Å². The number of ketones is 1. The third kappa shape index (κ3) is 4.72. The van der Waals surface area contributed by atoms with Gasteiger partial charge >= 0.3 is 0 Å². The first-order valence-corrected chi connectivity index (χ1v) is 13.5. The summed E-state index contributed by atoms with van der Waals surface area (Å²) in [6.07, 6.45) is 0. The van der Waals surface area contributed by atoms with Gasteiger partial charge in [0.1, 0.15) is 0 Å². The number of amides is 1. The zero-order chi connectivity index (χ0) is 28.6. The highest BCUT2D eigenvalue weighted by atomic mass is 16.5. The van der Waals surface area contributed by atoms with Crippen LogP contribution in [0.3, 0.4) is 0 Å². The van der Waals surface area contributed by atoms with Crippen molar-refractivity contribution < 1.29 is 23.8 Å². The van der Waals surface area contributed by atoms with E-state index in [1.807, 2.05) is 68.4 Å². The Bertz CT molecular complexity index is 1610. The van der Waals surface area contributed by atoms with Crippen LogP contribution >= 0.6 is 0 Å². The van der Waals surface area contributed by atoms with Gasteiger partial charge in [-0.25, -0.2) is 0 Å². The standard InChI is InChI=1S/C33H34N2O5/c1-6-34(7-2)25-15-13-22(14-16-25)29-28(30(36)27-18-23-9-8-10-26(39-5)32(23)40-27)31(37)33(38)35(29)19-24-17-20(3)11-12-21(24)4/h8-18,29,37H,6-7,19H2,1-5H3. The van der Waals surface area contributed by atoms with Crippen LogP contribution in [0, 0.1) is 13.8 Å². The van der Waals surface area contributed by atoms with E-state index in [0.29, 0.717) is 16.7 Å². The van der Waals surface area contributed by atoms with Crippen molar-refractivity contribution in [3.8, 4) is 5.75 Å². The molecule has 0 saturated heterocycles. The maximum atomic E-state index is 14.0. The van der Waals surface area contributed by atoms with Crippen molar-refractivity contribution in [2.75, 3.05) is 25.1 Å². The number of Topliss-reactive ketones (excluding diaryl/α,β-unsaturated/α-hetero) is 1. The molecule has 7 heteroatoms. The molecule has 0 saturated carbocycles. The minimum Gasteiger partial charge on any atom is -0.503 e. The quantitative estimate of drug-likeness (QED) is 0.239. The van der Waals surface area contributed by atoms with E-state index >= 15 is 0 Å². The van der Waals surface area contributed by atoms with Gasteiger partial charge in [0.05, 0.1) is 18.7 Å². The lowest BCUT2D eigenvalue weighted by atomic mass is 9.94. The van der Waals surface area contributed by atoms with Crippen LogP contribution in [0.4, 0.5) is 5.69 Å². The van der Waals surface area contributed by atoms with Gasteiger partial charge in [-0.3, -0.25) is 9.59 Å². The first-order valence-electron chi connectivity index (χ1n) is 13.5. The first-order chi connectivity index (χ1) is 19.3. The second-order valence-electron chi connectivity index (χ2n) is 10.1. The molecular weight excluding hydrogens is 504 g/mol. The number of furan rings is 1. The van der Waals surface area contributed by atoms with E-state index in [1.54, 1.807) is 17.0 Å². The number of carbonyl (C=O) groups is 2. The number of rotatable bonds is 9. The van der Waals surface area contributed by atoms with Crippen molar-refractivity contribution in [3.63, 3.8) is 0 Å². The molecule has 1 aromatic heterocycles. The first kappa shape index (κ1) is 27.1. The van der Waals surface area contributed by atoms with Crippen molar-refractivity contribution >= 4 is 28.3 Å². The van der Waals surface area contributed by atoms with Gasteiger partial charge < -0.3 is 24.1 Å². The van der Waals surface area contributed by atoms with Crippen molar-refractivity contribution in [3.05, 3.63) is 106 Å². The minimum absolute atomic E-state index is 0.00363. The topological polar surface area (TPSA) is 83.2 Å². The summed E-state index contributed by atoms with van der Waals surface area (Å²) in [5.74, 6) is -1.15. The molecule has 5 rings (SSSR count). The fraction of sp³-hybridized carbons (Fsp3) is 0.273. The Kier molecular flexibility index (Phi) is 7.39. The van der Waals surface area contributed by atoms with Gasteiger partial charge in [-0.1, -0.05) is 48.0 Å². The summed E-state index contributed by atoms with van der Waals surface area (Å²) in [5.41, 5.74) is 5.26. The summed E-state index contributed by atoms with van der Waals surface area (Å²) in [7, 11) is 1.53. The number of carbonyl (C=O) groups excluding carboxylic acids is 2. The number of benzene rings is 3. The fourth-order valence-corrected chi connectivity index (χ4v) is 5.45. The number of nitrogens with zero attached hydrogens (tertiary/aromatic N) is 2. The number of hydrogen-bond donors (Lipinski definition) is 1. The van der Waals surface area contributed by atoms with E-state index < -0.39 is 23.5 Å². The molecular formula is C33H34N2O5. The minimum atomic E-state index is -0.791. The van der Waals surface area contributed by atoms with Crippen LogP contribution in [-0.2, 0) is 11.3 Å². The third-order valence-electron chi connectivity index (χ3n) is 7.68. The lowest BCUT2D eigenvalue weighted by Crippen LogP contribution is -2.31. The summed E-state index contributed by atoms with van der Waals surface area (Å²) in [5, 5.41) is 11.9. The molecule has 1 N–H and O–H groups in total. The maximum absolute atomic E-state index is 14.0. The Morgan fingerprint density at radius 2 is 1.75 bits per heavy atom. The molecule has 0 fully saturated rings. The zero-order valence-electron chi connectivity index (χ0n) is 23.5. The maximum Gasteiger partial charge on any atom is 0.290 e. The van der Waals surface area contributed by atoms with E-state index in [1.165, 1.54) is 7.11 Å². The highest BCUT2D eigenvalue weighted by Crippen LogP contribution is 2.41. The van der Waals surface area contributed by atoms with Crippen molar-refractivity contribution in [1.29, 1.82) is 0 Å². The number of hydrogen-bond acceptors (Lipinski definition) is 6. The average molecular weight is 539 g/mol. The second kappa shape index (κ2) is 10.9. The molecule has 7 nitrogen and oxygen atoms in total. The number of aliphatic hydroxyl groups is 1. The van der Waals surface area contributed by atoms with Gasteiger partial charge in [0.15, 0.2) is 22.9 Å². The number of para-hydroxylation sites is 1. The number of ether oxygens (including phenoxy) is 1. The Morgan fingerprint density at radius 1 is 1.02 bits per heavy atom. The highest BCUT2D eigenvalue weighted by molar-refractivity contribution is 6.16. The van der Waals surface area contributed by atoms with E-state index in [4.69, 9.17) is 9.15 Å². The van der Waals surface area contributed by atoms with E-state index in [2.05, 4.69) is 18.7 Å². The monoisotopic (exact) mass is 538 g/mol. The fourth-order valence-electron chi connectivity index (χ4n) is 5.45. The molecule has 0 aliphatic carbocycles. The molecule has 2 heterocycles. The van der Waals surface area contributed by atoms with Gasteiger partial charge in [0.2, 0.25) is 5.78 Å². The van der Waals surface area contributed by atoms with Crippen molar-refractivity contribution in [2.24, 2.45) is 0 Å². The summed E-state index contributed by atoms with van der Waals surface area (Å²) in [6, 6.07) is 20.1. The van der Waals surface area contributed by atoms with Crippen LogP contribution < -0.4 is 9.64 Å². The molecule has 3 aromatic carbocycles. The predicted molar refractivity (Wildman–Crippen MR) is 156 cm³/mol. The molecule has 0 bridgehead atoms. The molecule has 1 atom stereocenters. The number of aryl methyl sites for hydroxylation is 2. The summed E-state index contributed by atoms with van der Waals surface area (Å²) in [6.45, 7) is 10.1. The summed E-state index contributed by atoms with van der Waals surface area (Å²) >= 11 is 0. The van der Waals surface area contributed by atoms with Gasteiger partial charge in [0.25, 0.3) is 5.91 Å². The zero-order valence-corrected chi connectivity index (χ0v) is 23.5. The highest BCUT2D eigenvalue weighted by Gasteiger charge is 2.44. The number of fused-ring (bicyclic) bond motifs is 1. The molecule has 1 aliphatic heterocycles. The smallest absolute Gasteiger partial charge is 0.290 e. The third-order valence-corrected chi connectivity index (χ3v) is 7.68. The molecule has 4 aromatic rings. The Morgan fingerprint density at radius 3 is 2.42 bits per heavy atom. The van der Waals surface area contributed by atoms with Gasteiger partial charge in [-0.05, 0) is 68.7 Å². The number of aliphatic hydroxyl groups excluding tert-OH is 1. The second-order valence-corrected chi connectivity index (χ2v) is 10.1. The van der Waals surface area contributed by atoms with Gasteiger partial charge in [0, 0.05) is 30.7 Å². The normalized spacial score (nSPS) is 15.3. The van der Waals surface area contributed by atoms with Crippen LogP contribution in [0.1, 0.15) is 52.7 Å². The van der Waals surface area contributed by atoms with E-state index in [9.17, 15) is 14.7 Å². The van der Waals surface area contributed by atoms with Crippen LogP contribution in [0.5, 0.6) is 5.75 Å². The van der Waals surface area contributed by atoms with Crippen LogP contribution in [0.2, 0.25) is 0 Å².